The van der Waals surface area contributed by atoms with Crippen LogP contribution in [0, 0.1) is 0 Å². The number of nitrogens with one attached hydrogen (secondary N) is 1. The second-order valence-corrected chi connectivity index (χ2v) is 6.78. The van der Waals surface area contributed by atoms with Crippen LogP contribution in [-0.2, 0) is 16.4 Å². The molecule has 1 saturated heterocycles. The Morgan fingerprint density at radius 2 is 2.22 bits per heavy atom. The van der Waals surface area contributed by atoms with Gasteiger partial charge in [0.05, 0.1) is 18.1 Å². The number of benzene rings is 1. The summed E-state index contributed by atoms with van der Waals surface area (Å²) < 4.78 is 28.2. The molecule has 1 aliphatic heterocycles. The van der Waals surface area contributed by atoms with Crippen molar-refractivity contribution in [2.45, 2.75) is 19.0 Å². The standard InChI is InChI=1S/C12H14N2O3S/c15-18(16)6-5-9(8-18)13-7-12-14-10-3-1-2-4-11(10)17-12/h1-4,9,13H,5-8H2. The summed E-state index contributed by atoms with van der Waals surface area (Å²) in [5.41, 5.74) is 1.58. The largest absolute Gasteiger partial charge is 0.439 e. The summed E-state index contributed by atoms with van der Waals surface area (Å²) >= 11 is 0. The summed E-state index contributed by atoms with van der Waals surface area (Å²) in [7, 11) is -2.84. The third kappa shape index (κ3) is 2.39. The molecule has 1 aliphatic rings. The van der Waals surface area contributed by atoms with Crippen LogP contribution in [0.5, 0.6) is 0 Å². The maximum Gasteiger partial charge on any atom is 0.209 e. The van der Waals surface area contributed by atoms with Crippen molar-refractivity contribution in [1.29, 1.82) is 0 Å². The SMILES string of the molecule is O=S1(=O)CCC(NCc2nc3ccccc3o2)C1. The monoisotopic (exact) mass is 266 g/mol. The van der Waals surface area contributed by atoms with Crippen LogP contribution in [0.4, 0.5) is 0 Å². The summed E-state index contributed by atoms with van der Waals surface area (Å²) in [6.45, 7) is 0.467. The number of sulfone groups is 1. The fourth-order valence-corrected chi connectivity index (χ4v) is 3.89. The topological polar surface area (TPSA) is 72.2 Å². The number of rotatable bonds is 3. The molecule has 1 fully saturated rings. The van der Waals surface area contributed by atoms with Gasteiger partial charge in [-0.15, -0.1) is 0 Å². The van der Waals surface area contributed by atoms with Crippen molar-refractivity contribution in [1.82, 2.24) is 10.3 Å². The second-order valence-electron chi connectivity index (χ2n) is 4.56. The van der Waals surface area contributed by atoms with Gasteiger partial charge in [-0.2, -0.15) is 0 Å². The van der Waals surface area contributed by atoms with Crippen molar-refractivity contribution >= 4 is 20.9 Å². The van der Waals surface area contributed by atoms with Crippen LogP contribution in [-0.4, -0.2) is 30.9 Å². The van der Waals surface area contributed by atoms with Gasteiger partial charge in [-0.3, -0.25) is 0 Å². The lowest BCUT2D eigenvalue weighted by Gasteiger charge is -2.07. The average molecular weight is 266 g/mol. The fourth-order valence-electron chi connectivity index (χ4n) is 2.18. The molecule has 2 heterocycles. The minimum Gasteiger partial charge on any atom is -0.439 e. The Labute approximate surface area is 105 Å². The number of para-hydroxylation sites is 2. The molecule has 6 heteroatoms. The molecule has 0 bridgehead atoms. The molecule has 0 saturated carbocycles. The van der Waals surface area contributed by atoms with Crippen molar-refractivity contribution in [3.63, 3.8) is 0 Å². The number of hydrogen-bond donors (Lipinski definition) is 1. The normalized spacial score (nSPS) is 22.6. The predicted octanol–water partition coefficient (Wildman–Crippen LogP) is 1.10. The summed E-state index contributed by atoms with van der Waals surface area (Å²) in [6.07, 6.45) is 0.669. The Balaban J connectivity index is 1.67. The number of nitrogens with zero attached hydrogens (tertiary/aromatic N) is 1. The van der Waals surface area contributed by atoms with Crippen LogP contribution < -0.4 is 5.32 Å². The van der Waals surface area contributed by atoms with Gasteiger partial charge < -0.3 is 9.73 Å². The fraction of sp³-hybridized carbons (Fsp3) is 0.417. The van der Waals surface area contributed by atoms with Crippen molar-refractivity contribution in [3.05, 3.63) is 30.2 Å². The molecule has 1 N–H and O–H groups in total. The van der Waals surface area contributed by atoms with Gasteiger partial charge in [0, 0.05) is 6.04 Å². The molecule has 18 heavy (non-hydrogen) atoms. The van der Waals surface area contributed by atoms with Crippen LogP contribution in [0.15, 0.2) is 28.7 Å². The van der Waals surface area contributed by atoms with E-state index in [9.17, 15) is 8.42 Å². The van der Waals surface area contributed by atoms with Crippen molar-refractivity contribution < 1.29 is 12.8 Å². The molecular formula is C12H14N2O3S. The van der Waals surface area contributed by atoms with E-state index in [-0.39, 0.29) is 17.5 Å². The quantitative estimate of drug-likeness (QED) is 0.900. The lowest BCUT2D eigenvalue weighted by molar-refractivity contribution is 0.463. The van der Waals surface area contributed by atoms with Crippen LogP contribution in [0.25, 0.3) is 11.1 Å². The maximum absolute atomic E-state index is 11.3. The van der Waals surface area contributed by atoms with E-state index in [0.29, 0.717) is 18.9 Å². The van der Waals surface area contributed by atoms with Gasteiger partial charge in [0.25, 0.3) is 0 Å². The molecule has 3 rings (SSSR count). The minimum absolute atomic E-state index is 0.0185. The van der Waals surface area contributed by atoms with Gasteiger partial charge in [0.2, 0.25) is 5.89 Å². The Kier molecular flexibility index (Phi) is 2.83. The number of oxazole rings is 1. The molecule has 96 valence electrons. The molecule has 0 spiro atoms. The summed E-state index contributed by atoms with van der Waals surface area (Å²) in [4.78, 5) is 4.33. The van der Waals surface area contributed by atoms with Crippen LogP contribution in [0.3, 0.4) is 0 Å². The summed E-state index contributed by atoms with van der Waals surface area (Å²) in [5.74, 6) is 1.09. The maximum atomic E-state index is 11.3. The predicted molar refractivity (Wildman–Crippen MR) is 67.9 cm³/mol. The average Bonchev–Trinajstić information content (AvgIpc) is 2.89. The van der Waals surface area contributed by atoms with Crippen LogP contribution in [0.2, 0.25) is 0 Å². The van der Waals surface area contributed by atoms with Crippen LogP contribution in [0.1, 0.15) is 12.3 Å². The molecule has 0 radical (unpaired) electrons. The van der Waals surface area contributed by atoms with E-state index in [4.69, 9.17) is 4.42 Å². The van der Waals surface area contributed by atoms with Crippen molar-refractivity contribution in [2.24, 2.45) is 0 Å². The van der Waals surface area contributed by atoms with E-state index in [2.05, 4.69) is 10.3 Å². The van der Waals surface area contributed by atoms with Crippen molar-refractivity contribution in [2.75, 3.05) is 11.5 Å². The molecule has 1 unspecified atom stereocenters. The highest BCUT2D eigenvalue weighted by molar-refractivity contribution is 7.91. The first-order valence-electron chi connectivity index (χ1n) is 5.91. The molecule has 1 atom stereocenters. The highest BCUT2D eigenvalue weighted by atomic mass is 32.2. The first kappa shape index (κ1) is 11.7. The molecule has 1 aromatic carbocycles. The lowest BCUT2D eigenvalue weighted by Crippen LogP contribution is -2.29. The number of aromatic nitrogens is 1. The molecule has 0 amide bonds. The Hall–Kier alpha value is -1.40. The number of fused-ring (bicyclic) bond motifs is 1. The zero-order valence-electron chi connectivity index (χ0n) is 9.80. The first-order valence-corrected chi connectivity index (χ1v) is 7.73. The van der Waals surface area contributed by atoms with Crippen molar-refractivity contribution in [3.8, 4) is 0 Å². The second kappa shape index (κ2) is 4.37. The molecular weight excluding hydrogens is 252 g/mol. The Bertz CT molecular complexity index is 630. The minimum atomic E-state index is -2.84. The Morgan fingerprint density at radius 1 is 1.39 bits per heavy atom. The first-order chi connectivity index (χ1) is 8.62. The van der Waals surface area contributed by atoms with Gasteiger partial charge in [-0.05, 0) is 18.6 Å². The van der Waals surface area contributed by atoms with Gasteiger partial charge in [-0.1, -0.05) is 12.1 Å². The molecule has 0 aliphatic carbocycles. The molecule has 2 aromatic rings. The zero-order valence-corrected chi connectivity index (χ0v) is 10.6. The third-order valence-electron chi connectivity index (χ3n) is 3.11. The Morgan fingerprint density at radius 3 is 2.94 bits per heavy atom. The van der Waals surface area contributed by atoms with E-state index < -0.39 is 9.84 Å². The number of hydrogen-bond acceptors (Lipinski definition) is 5. The smallest absolute Gasteiger partial charge is 0.209 e. The van der Waals surface area contributed by atoms with Gasteiger partial charge >= 0.3 is 0 Å². The summed E-state index contributed by atoms with van der Waals surface area (Å²) in [5, 5.41) is 3.18. The highest BCUT2D eigenvalue weighted by Crippen LogP contribution is 2.16. The highest BCUT2D eigenvalue weighted by Gasteiger charge is 2.27. The van der Waals surface area contributed by atoms with E-state index in [1.165, 1.54) is 0 Å². The molecule has 5 nitrogen and oxygen atoms in total. The van der Waals surface area contributed by atoms with E-state index in [1.807, 2.05) is 24.3 Å². The van der Waals surface area contributed by atoms with Gasteiger partial charge in [-0.25, -0.2) is 13.4 Å². The van der Waals surface area contributed by atoms with Gasteiger partial charge in [0.1, 0.15) is 5.52 Å². The van der Waals surface area contributed by atoms with E-state index in [0.717, 1.165) is 11.1 Å². The lowest BCUT2D eigenvalue weighted by atomic mass is 10.3. The van der Waals surface area contributed by atoms with E-state index >= 15 is 0 Å². The zero-order chi connectivity index (χ0) is 12.6. The summed E-state index contributed by atoms with van der Waals surface area (Å²) in [6, 6.07) is 7.58. The van der Waals surface area contributed by atoms with E-state index in [1.54, 1.807) is 0 Å². The van der Waals surface area contributed by atoms with Gasteiger partial charge in [0.15, 0.2) is 15.4 Å². The van der Waals surface area contributed by atoms with Crippen LogP contribution >= 0.6 is 0 Å². The molecule has 1 aromatic heterocycles. The third-order valence-corrected chi connectivity index (χ3v) is 4.88.